The number of rotatable bonds is 3. The molecule has 0 N–H and O–H groups in total. The molecular weight excluding hydrogens is 148 g/mol. The summed E-state index contributed by atoms with van der Waals surface area (Å²) in [7, 11) is -2.91. The van der Waals surface area contributed by atoms with Gasteiger partial charge in [-0.25, -0.2) is 8.42 Å². The Morgan fingerprint density at radius 1 is 1.30 bits per heavy atom. The Bertz CT molecular complexity index is 178. The lowest BCUT2D eigenvalue weighted by molar-refractivity contribution is 0.577. The molecule has 0 saturated heterocycles. The van der Waals surface area contributed by atoms with E-state index >= 15 is 0 Å². The van der Waals surface area contributed by atoms with Gasteiger partial charge < -0.3 is 0 Å². The predicted octanol–water partition coefficient (Wildman–Crippen LogP) is 1.28. The van der Waals surface area contributed by atoms with E-state index in [1.165, 1.54) is 0 Å². The summed E-state index contributed by atoms with van der Waals surface area (Å²) in [5, 5.41) is -0.477. The van der Waals surface area contributed by atoms with Gasteiger partial charge in [-0.05, 0) is 19.8 Å². The molecule has 0 aromatic heterocycles. The van der Waals surface area contributed by atoms with Crippen molar-refractivity contribution in [2.45, 2.75) is 26.0 Å². The molecule has 0 amide bonds. The summed E-state index contributed by atoms with van der Waals surface area (Å²) >= 11 is 0. The highest BCUT2D eigenvalue weighted by Crippen LogP contribution is 2.05. The molecule has 0 aromatic rings. The van der Waals surface area contributed by atoms with Crippen molar-refractivity contribution < 1.29 is 8.42 Å². The van der Waals surface area contributed by atoms with Gasteiger partial charge in [-0.1, -0.05) is 13.8 Å². The second kappa shape index (κ2) is 3.37. The van der Waals surface area contributed by atoms with Crippen LogP contribution in [0.15, 0.2) is 0 Å². The van der Waals surface area contributed by atoms with E-state index in [9.17, 15) is 8.42 Å². The van der Waals surface area contributed by atoms with Gasteiger partial charge in [0.1, 0.15) is 0 Å². The van der Waals surface area contributed by atoms with Crippen LogP contribution < -0.4 is 0 Å². The molecule has 1 unspecified atom stereocenters. The summed E-state index contributed by atoms with van der Waals surface area (Å²) < 4.78 is 22.2. The van der Waals surface area contributed by atoms with Crippen LogP contribution >= 0.6 is 0 Å². The Labute approximate surface area is 63.6 Å². The lowest BCUT2D eigenvalue weighted by atomic mass is 10.3. The van der Waals surface area contributed by atoms with Crippen LogP contribution in [-0.2, 0) is 9.84 Å². The molecule has 0 aliphatic carbocycles. The zero-order valence-corrected chi connectivity index (χ0v) is 7.61. The molecule has 2 nitrogen and oxygen atoms in total. The summed E-state index contributed by atoms with van der Waals surface area (Å²) in [5.74, 6) is 0.451. The smallest absolute Gasteiger partial charge is 0.153 e. The third-order valence-electron chi connectivity index (χ3n) is 1.18. The molecule has 0 fully saturated rings. The third-order valence-corrected chi connectivity index (χ3v) is 3.54. The minimum atomic E-state index is -2.91. The van der Waals surface area contributed by atoms with Crippen molar-refractivity contribution in [2.75, 3.05) is 5.75 Å². The second-order valence-electron chi connectivity index (χ2n) is 3.03. The third kappa shape index (κ3) is 3.20. The highest BCUT2D eigenvalue weighted by molar-refractivity contribution is 7.92. The van der Waals surface area contributed by atoms with Crippen LogP contribution in [-0.4, -0.2) is 19.4 Å². The number of sulfone groups is 1. The van der Waals surface area contributed by atoms with Crippen molar-refractivity contribution in [3.8, 4) is 0 Å². The second-order valence-corrected chi connectivity index (χ2v) is 5.50. The van der Waals surface area contributed by atoms with Crippen molar-refractivity contribution in [1.29, 1.82) is 0 Å². The first-order valence-corrected chi connectivity index (χ1v) is 5.12. The van der Waals surface area contributed by atoms with Crippen LogP contribution in [0.2, 0.25) is 0 Å². The summed E-state index contributed by atoms with van der Waals surface area (Å²) in [5.41, 5.74) is 0. The highest BCUT2D eigenvalue weighted by atomic mass is 32.2. The van der Waals surface area contributed by atoms with Crippen molar-refractivity contribution in [3.63, 3.8) is 0 Å². The monoisotopic (exact) mass is 163 g/mol. The Kier molecular flexibility index (Phi) is 3.36. The van der Waals surface area contributed by atoms with E-state index < -0.39 is 15.1 Å². The van der Waals surface area contributed by atoms with Gasteiger partial charge in [0.2, 0.25) is 0 Å². The molecule has 1 atom stereocenters. The first-order valence-electron chi connectivity index (χ1n) is 3.41. The average Bonchev–Trinajstić information content (AvgIpc) is 1.60. The van der Waals surface area contributed by atoms with Crippen LogP contribution in [0, 0.1) is 12.8 Å². The molecular formula is C7H15O2S. The summed E-state index contributed by atoms with van der Waals surface area (Å²) in [6.07, 6.45) is 0. The molecule has 0 saturated carbocycles. The maximum Gasteiger partial charge on any atom is 0.153 e. The maximum atomic E-state index is 11.1. The standard InChI is InChI=1S/C7H15O2S/c1-6(2)5-10(8,9)7(3)4/h6-7H,3,5H2,1-2,4H3. The molecule has 0 aliphatic heterocycles. The summed E-state index contributed by atoms with van der Waals surface area (Å²) in [6, 6.07) is 0. The van der Waals surface area contributed by atoms with E-state index in [2.05, 4.69) is 6.92 Å². The van der Waals surface area contributed by atoms with Gasteiger partial charge >= 0.3 is 0 Å². The summed E-state index contributed by atoms with van der Waals surface area (Å²) in [6.45, 7) is 8.86. The van der Waals surface area contributed by atoms with Gasteiger partial charge in [0.05, 0.1) is 11.0 Å². The van der Waals surface area contributed by atoms with Crippen molar-refractivity contribution in [2.24, 2.45) is 5.92 Å². The minimum Gasteiger partial charge on any atom is -0.229 e. The molecule has 3 heteroatoms. The topological polar surface area (TPSA) is 34.1 Å². The molecule has 10 heavy (non-hydrogen) atoms. The summed E-state index contributed by atoms with van der Waals surface area (Å²) in [4.78, 5) is 0. The van der Waals surface area contributed by atoms with Gasteiger partial charge in [0.25, 0.3) is 0 Å². The molecule has 0 aliphatic rings. The van der Waals surface area contributed by atoms with E-state index in [0.29, 0.717) is 0 Å². The van der Waals surface area contributed by atoms with Gasteiger partial charge in [-0.15, -0.1) is 0 Å². The van der Waals surface area contributed by atoms with Gasteiger partial charge in [-0.3, -0.25) is 0 Å². The number of hydrogen-bond acceptors (Lipinski definition) is 2. The molecule has 0 heterocycles. The van der Waals surface area contributed by atoms with E-state index in [4.69, 9.17) is 0 Å². The molecule has 0 bridgehead atoms. The molecule has 1 radical (unpaired) electrons. The van der Waals surface area contributed by atoms with Crippen LogP contribution in [0.25, 0.3) is 0 Å². The van der Waals surface area contributed by atoms with Crippen LogP contribution in [0.1, 0.15) is 20.8 Å². The first-order chi connectivity index (χ1) is 4.36. The highest BCUT2D eigenvalue weighted by Gasteiger charge is 2.16. The number of hydrogen-bond donors (Lipinski definition) is 0. The lowest BCUT2D eigenvalue weighted by Gasteiger charge is -2.08. The molecule has 61 valence electrons. The van der Waals surface area contributed by atoms with E-state index in [1.54, 1.807) is 6.92 Å². The maximum absolute atomic E-state index is 11.1. The Morgan fingerprint density at radius 2 is 1.70 bits per heavy atom. The lowest BCUT2D eigenvalue weighted by Crippen LogP contribution is -2.20. The molecule has 0 spiro atoms. The Balaban J connectivity index is 4.16. The molecule has 0 rings (SSSR count). The average molecular weight is 163 g/mol. The largest absolute Gasteiger partial charge is 0.229 e. The molecule has 0 aromatic carbocycles. The fourth-order valence-electron chi connectivity index (χ4n) is 0.629. The first kappa shape index (κ1) is 9.95. The van der Waals surface area contributed by atoms with E-state index in [1.807, 2.05) is 13.8 Å². The van der Waals surface area contributed by atoms with Crippen LogP contribution in [0.5, 0.6) is 0 Å². The normalized spacial score (nSPS) is 13.0. The van der Waals surface area contributed by atoms with Crippen LogP contribution in [0.4, 0.5) is 0 Å². The predicted molar refractivity (Wildman–Crippen MR) is 43.4 cm³/mol. The fourth-order valence-corrected chi connectivity index (χ4v) is 1.89. The fraction of sp³-hybridized carbons (Fsp3) is 0.857. The zero-order valence-electron chi connectivity index (χ0n) is 6.79. The van der Waals surface area contributed by atoms with Crippen molar-refractivity contribution in [1.82, 2.24) is 0 Å². The van der Waals surface area contributed by atoms with E-state index in [0.717, 1.165) is 0 Å². The van der Waals surface area contributed by atoms with Gasteiger partial charge in [-0.2, -0.15) is 0 Å². The SMILES string of the molecule is [CH2]C(C)S(=O)(=O)CC(C)C. The van der Waals surface area contributed by atoms with Crippen molar-refractivity contribution in [3.05, 3.63) is 6.92 Å². The van der Waals surface area contributed by atoms with E-state index in [-0.39, 0.29) is 11.7 Å². The Morgan fingerprint density at radius 3 is 1.80 bits per heavy atom. The van der Waals surface area contributed by atoms with Crippen molar-refractivity contribution >= 4 is 9.84 Å². The zero-order chi connectivity index (χ0) is 8.36. The van der Waals surface area contributed by atoms with Gasteiger partial charge in [0, 0.05) is 0 Å². The minimum absolute atomic E-state index is 0.203. The van der Waals surface area contributed by atoms with Crippen LogP contribution in [0.3, 0.4) is 0 Å². The van der Waals surface area contributed by atoms with Gasteiger partial charge in [0.15, 0.2) is 9.84 Å². The Hall–Kier alpha value is -0.0500. The quantitative estimate of drug-likeness (QED) is 0.628.